The third-order valence-corrected chi connectivity index (χ3v) is 5.84. The molecule has 0 saturated heterocycles. The molecule has 3 aromatic rings. The molecule has 2 N–H and O–H groups in total. The van der Waals surface area contributed by atoms with Crippen LogP contribution in [0, 0.1) is 18.6 Å². The third kappa shape index (κ3) is 5.20. The molecule has 174 valence electrons. The number of pyridine rings is 1. The summed E-state index contributed by atoms with van der Waals surface area (Å²) in [6.07, 6.45) is 0.947. The van der Waals surface area contributed by atoms with Gasteiger partial charge in [-0.1, -0.05) is 24.3 Å². The van der Waals surface area contributed by atoms with E-state index in [1.807, 2.05) is 24.3 Å². The van der Waals surface area contributed by atoms with Crippen LogP contribution in [0.4, 0.5) is 8.78 Å². The molecule has 4 rings (SSSR count). The van der Waals surface area contributed by atoms with Crippen molar-refractivity contribution in [3.63, 3.8) is 0 Å². The van der Waals surface area contributed by atoms with Gasteiger partial charge < -0.3 is 19.7 Å². The minimum Gasteiger partial charge on any atom is -0.489 e. The molecule has 1 fully saturated rings. The van der Waals surface area contributed by atoms with Crippen LogP contribution in [0.5, 0.6) is 5.75 Å². The molecule has 0 aliphatic heterocycles. The van der Waals surface area contributed by atoms with Crippen LogP contribution in [-0.4, -0.2) is 29.0 Å². The number of benzene rings is 2. The number of hydrogen-bond acceptors (Lipinski definition) is 4. The Balaban J connectivity index is 1.47. The van der Waals surface area contributed by atoms with Gasteiger partial charge in [0.1, 0.15) is 37.4 Å². The van der Waals surface area contributed by atoms with Crippen LogP contribution >= 0.6 is 0 Å². The van der Waals surface area contributed by atoms with Crippen molar-refractivity contribution in [1.29, 1.82) is 0 Å². The van der Waals surface area contributed by atoms with Crippen LogP contribution in [0.3, 0.4) is 0 Å². The fourth-order valence-corrected chi connectivity index (χ4v) is 3.58. The number of amides is 1. The number of carbonyl (C=O) groups excluding carboxylic acids is 1. The predicted molar refractivity (Wildman–Crippen MR) is 123 cm³/mol. The van der Waals surface area contributed by atoms with Crippen molar-refractivity contribution < 1.29 is 23.4 Å². The van der Waals surface area contributed by atoms with Crippen molar-refractivity contribution in [2.45, 2.75) is 45.1 Å². The monoisotopic (exact) mass is 464 g/mol. The second-order valence-electron chi connectivity index (χ2n) is 8.51. The van der Waals surface area contributed by atoms with Crippen molar-refractivity contribution in [3.05, 3.63) is 92.9 Å². The largest absolute Gasteiger partial charge is 0.489 e. The van der Waals surface area contributed by atoms with E-state index in [9.17, 15) is 23.5 Å². The van der Waals surface area contributed by atoms with E-state index in [2.05, 4.69) is 5.32 Å². The number of nitrogens with one attached hydrogen (secondary N) is 1. The topological polar surface area (TPSA) is 80.6 Å². The number of aromatic nitrogens is 1. The Hall–Kier alpha value is -3.46. The molecule has 1 saturated carbocycles. The van der Waals surface area contributed by atoms with Crippen molar-refractivity contribution in [1.82, 2.24) is 9.88 Å². The summed E-state index contributed by atoms with van der Waals surface area (Å²) in [5.41, 5.74) is 0.576. The van der Waals surface area contributed by atoms with Gasteiger partial charge in [0.25, 0.3) is 5.91 Å². The van der Waals surface area contributed by atoms with Crippen molar-refractivity contribution in [2.24, 2.45) is 0 Å². The summed E-state index contributed by atoms with van der Waals surface area (Å²) in [6, 6.07) is 12.1. The second kappa shape index (κ2) is 9.42. The van der Waals surface area contributed by atoms with Gasteiger partial charge in [-0.25, -0.2) is 8.78 Å². The summed E-state index contributed by atoms with van der Waals surface area (Å²) in [4.78, 5) is 24.8. The molecule has 34 heavy (non-hydrogen) atoms. The molecule has 1 heterocycles. The molecule has 1 aliphatic carbocycles. The van der Waals surface area contributed by atoms with Gasteiger partial charge in [-0.2, -0.15) is 0 Å². The minimum absolute atomic E-state index is 0.116. The number of halogens is 2. The molecule has 1 aromatic heterocycles. The summed E-state index contributed by atoms with van der Waals surface area (Å²) in [7, 11) is 6.01. The summed E-state index contributed by atoms with van der Waals surface area (Å²) in [5.74, 6) is -1.69. The lowest BCUT2D eigenvalue weighted by molar-refractivity contribution is -0.131. The molecular weight excluding hydrogens is 441 g/mol. The van der Waals surface area contributed by atoms with E-state index < -0.39 is 22.8 Å². The lowest BCUT2D eigenvalue weighted by Crippen LogP contribution is -2.37. The smallest absolute Gasteiger partial charge is 0.252 e. The highest BCUT2D eigenvalue weighted by molar-refractivity contribution is 6.33. The van der Waals surface area contributed by atoms with E-state index in [1.54, 1.807) is 13.0 Å². The predicted octanol–water partition coefficient (Wildman–Crippen LogP) is 2.00. The Labute approximate surface area is 196 Å². The normalized spacial score (nSPS) is 14.0. The van der Waals surface area contributed by atoms with Crippen LogP contribution in [-0.2, 0) is 24.5 Å². The van der Waals surface area contributed by atoms with E-state index >= 15 is 0 Å². The summed E-state index contributed by atoms with van der Waals surface area (Å²) in [5, 5.41) is 12.6. The maximum Gasteiger partial charge on any atom is 0.252 e. The van der Waals surface area contributed by atoms with Crippen LogP contribution in [0.15, 0.2) is 53.3 Å². The van der Waals surface area contributed by atoms with E-state index in [1.165, 1.54) is 10.6 Å². The lowest BCUT2D eigenvalue weighted by atomic mass is 9.96. The molecule has 0 bridgehead atoms. The van der Waals surface area contributed by atoms with Crippen LogP contribution in [0.25, 0.3) is 0 Å². The SMILES string of the molecule is [B]c1c(OCc2ccc(F)cc2F)cc(C)n(Cc2cccc(CNC(=O)C3(O)CC3)c2)c1=O. The zero-order chi connectivity index (χ0) is 24.5. The summed E-state index contributed by atoms with van der Waals surface area (Å²) in [6.45, 7) is 2.03. The van der Waals surface area contributed by atoms with E-state index in [-0.39, 0.29) is 42.4 Å². The molecule has 1 amide bonds. The molecule has 0 spiro atoms. The lowest BCUT2D eigenvalue weighted by Gasteiger charge is -2.16. The Morgan fingerprint density at radius 1 is 1.18 bits per heavy atom. The molecule has 0 atom stereocenters. The number of aryl methyl sites for hydroxylation is 1. The van der Waals surface area contributed by atoms with Gasteiger partial charge in [0.15, 0.2) is 0 Å². The highest BCUT2D eigenvalue weighted by Gasteiger charge is 2.47. The average molecular weight is 464 g/mol. The minimum atomic E-state index is -1.23. The van der Waals surface area contributed by atoms with Crippen LogP contribution in [0.1, 0.15) is 35.2 Å². The van der Waals surface area contributed by atoms with Gasteiger partial charge >= 0.3 is 0 Å². The zero-order valence-corrected chi connectivity index (χ0v) is 18.6. The number of hydrogen-bond donors (Lipinski definition) is 2. The summed E-state index contributed by atoms with van der Waals surface area (Å²) < 4.78 is 34.0. The van der Waals surface area contributed by atoms with Gasteiger partial charge in [-0.05, 0) is 49.1 Å². The van der Waals surface area contributed by atoms with E-state index in [0.29, 0.717) is 18.5 Å². The number of aliphatic hydroxyl groups is 1. The molecule has 2 radical (unpaired) electrons. The Bertz CT molecular complexity index is 1300. The van der Waals surface area contributed by atoms with Crippen LogP contribution < -0.4 is 21.1 Å². The average Bonchev–Trinajstić information content (AvgIpc) is 3.56. The number of ether oxygens (including phenoxy) is 1. The fraction of sp³-hybridized carbons (Fsp3) is 0.280. The Morgan fingerprint density at radius 2 is 1.91 bits per heavy atom. The first-order chi connectivity index (χ1) is 16.2. The van der Waals surface area contributed by atoms with Crippen molar-refractivity contribution >= 4 is 19.2 Å². The second-order valence-corrected chi connectivity index (χ2v) is 8.51. The quantitative estimate of drug-likeness (QED) is 0.500. The zero-order valence-electron chi connectivity index (χ0n) is 18.6. The Morgan fingerprint density at radius 3 is 2.62 bits per heavy atom. The summed E-state index contributed by atoms with van der Waals surface area (Å²) >= 11 is 0. The number of nitrogens with zero attached hydrogens (tertiary/aromatic N) is 1. The van der Waals surface area contributed by atoms with Gasteiger partial charge in [-0.15, -0.1) is 0 Å². The van der Waals surface area contributed by atoms with Crippen molar-refractivity contribution in [3.8, 4) is 5.75 Å². The Kier molecular flexibility index (Phi) is 6.57. The molecule has 6 nitrogen and oxygen atoms in total. The molecule has 0 unspecified atom stereocenters. The van der Waals surface area contributed by atoms with E-state index in [4.69, 9.17) is 12.6 Å². The number of carbonyl (C=O) groups is 1. The first kappa shape index (κ1) is 23.7. The highest BCUT2D eigenvalue weighted by Crippen LogP contribution is 2.35. The van der Waals surface area contributed by atoms with Crippen molar-refractivity contribution in [2.75, 3.05) is 0 Å². The molecule has 1 aliphatic rings. The molecular formula is C25H23BF2N2O4. The highest BCUT2D eigenvalue weighted by atomic mass is 19.1. The standard InChI is InChI=1S/C25H23BF2N2O4/c1-15-9-21(34-14-18-5-6-19(27)11-20(18)28)22(26)23(31)30(15)13-17-4-2-3-16(10-17)12-29-24(32)25(33)7-8-25/h2-6,9-11,33H,7-8,12-14H2,1H3,(H,29,32). The number of rotatable bonds is 8. The maximum absolute atomic E-state index is 13.9. The van der Waals surface area contributed by atoms with Gasteiger partial charge in [0.05, 0.1) is 6.54 Å². The molecule has 2 aromatic carbocycles. The maximum atomic E-state index is 13.9. The first-order valence-electron chi connectivity index (χ1n) is 10.8. The molecule has 9 heteroatoms. The van der Waals surface area contributed by atoms with Gasteiger partial charge in [0, 0.05) is 29.3 Å². The third-order valence-electron chi connectivity index (χ3n) is 5.84. The van der Waals surface area contributed by atoms with Crippen LogP contribution in [0.2, 0.25) is 0 Å². The first-order valence-corrected chi connectivity index (χ1v) is 10.8. The van der Waals surface area contributed by atoms with Gasteiger partial charge in [0.2, 0.25) is 5.56 Å². The fourth-order valence-electron chi connectivity index (χ4n) is 3.58. The van der Waals surface area contributed by atoms with E-state index in [0.717, 1.165) is 23.3 Å². The van der Waals surface area contributed by atoms with Gasteiger partial charge in [-0.3, -0.25) is 9.59 Å².